The number of anilines is 1. The standard InChI is InChI=1S/C25H20Cl2FN5O3S/c1-14-13-31-21(30-5-6-37(2)34)11-19(14)25-33-32-22(36-25)9-16-3-4-20(27)24(23(16)28)35-18-8-15(12-29)7-17(26)10-18/h3-4,7-8,10-11,13H,5-6,9H2,1-2H3,(H,30,31). The van der Waals surface area contributed by atoms with Gasteiger partial charge in [0.15, 0.2) is 11.6 Å². The third-order valence-electron chi connectivity index (χ3n) is 5.19. The number of halogens is 3. The van der Waals surface area contributed by atoms with Crippen LogP contribution in [0.1, 0.15) is 22.6 Å². The van der Waals surface area contributed by atoms with E-state index in [1.165, 1.54) is 30.3 Å². The molecule has 1 N–H and O–H groups in total. The van der Waals surface area contributed by atoms with Crippen LogP contribution in [0.4, 0.5) is 10.2 Å². The van der Waals surface area contributed by atoms with Crippen molar-refractivity contribution >= 4 is 39.8 Å². The Kier molecular flexibility index (Phi) is 8.38. The Bertz CT molecular complexity index is 1520. The lowest BCUT2D eigenvalue weighted by Crippen LogP contribution is -2.10. The molecule has 0 fully saturated rings. The number of benzene rings is 2. The molecule has 190 valence electrons. The fraction of sp³-hybridized carbons (Fsp3) is 0.200. The number of nitrogens with zero attached hydrogens (tertiary/aromatic N) is 4. The monoisotopic (exact) mass is 559 g/mol. The Morgan fingerprint density at radius 1 is 1.22 bits per heavy atom. The van der Waals surface area contributed by atoms with Crippen LogP contribution in [0.2, 0.25) is 10.0 Å². The molecule has 1 atom stereocenters. The molecule has 2 heterocycles. The number of hydrogen-bond donors (Lipinski definition) is 1. The van der Waals surface area contributed by atoms with Gasteiger partial charge in [0.1, 0.15) is 11.6 Å². The SMILES string of the molecule is Cc1cnc(NCCS(C)=O)cc1-c1nnc(Cc2ccc(Cl)c(Oc3cc(Cl)cc(C#N)c3)c2F)o1. The molecule has 2 aromatic heterocycles. The van der Waals surface area contributed by atoms with Crippen molar-refractivity contribution in [3.05, 3.63) is 81.0 Å². The minimum Gasteiger partial charge on any atom is -0.453 e. The number of ether oxygens (including phenoxy) is 1. The Labute approximate surface area is 224 Å². The summed E-state index contributed by atoms with van der Waals surface area (Å²) in [4.78, 5) is 4.31. The van der Waals surface area contributed by atoms with Gasteiger partial charge in [0.05, 0.1) is 23.1 Å². The zero-order valence-electron chi connectivity index (χ0n) is 19.7. The number of nitriles is 1. The Balaban J connectivity index is 1.55. The second-order valence-corrected chi connectivity index (χ2v) is 10.4. The van der Waals surface area contributed by atoms with Gasteiger partial charge in [-0.05, 0) is 42.8 Å². The first-order valence-corrected chi connectivity index (χ1v) is 13.4. The molecule has 12 heteroatoms. The van der Waals surface area contributed by atoms with Crippen LogP contribution in [0.3, 0.4) is 0 Å². The molecule has 0 spiro atoms. The van der Waals surface area contributed by atoms with Gasteiger partial charge in [0.2, 0.25) is 11.8 Å². The maximum Gasteiger partial charge on any atom is 0.248 e. The van der Waals surface area contributed by atoms with Crippen molar-refractivity contribution in [2.75, 3.05) is 23.9 Å². The average molecular weight is 560 g/mol. The van der Waals surface area contributed by atoms with Gasteiger partial charge in [-0.15, -0.1) is 10.2 Å². The van der Waals surface area contributed by atoms with E-state index in [1.807, 2.05) is 13.0 Å². The maximum absolute atomic E-state index is 15.4. The molecule has 0 aliphatic carbocycles. The van der Waals surface area contributed by atoms with E-state index < -0.39 is 16.6 Å². The lowest BCUT2D eigenvalue weighted by Gasteiger charge is -2.12. The van der Waals surface area contributed by atoms with E-state index in [-0.39, 0.29) is 50.9 Å². The highest BCUT2D eigenvalue weighted by Gasteiger charge is 2.19. The Hall–Kier alpha value is -3.52. The van der Waals surface area contributed by atoms with Gasteiger partial charge in [0, 0.05) is 51.7 Å². The van der Waals surface area contributed by atoms with Crippen molar-refractivity contribution < 1.29 is 17.8 Å². The van der Waals surface area contributed by atoms with Gasteiger partial charge in [-0.2, -0.15) is 5.26 Å². The summed E-state index contributed by atoms with van der Waals surface area (Å²) in [6, 6.07) is 11.1. The normalized spacial score (nSPS) is 11.7. The van der Waals surface area contributed by atoms with Crippen molar-refractivity contribution in [3.8, 4) is 29.0 Å². The molecule has 0 saturated carbocycles. The number of aromatic nitrogens is 3. The van der Waals surface area contributed by atoms with Crippen LogP contribution in [0.5, 0.6) is 11.5 Å². The van der Waals surface area contributed by atoms with Crippen LogP contribution in [0, 0.1) is 24.1 Å². The minimum atomic E-state index is -0.919. The molecule has 8 nitrogen and oxygen atoms in total. The summed E-state index contributed by atoms with van der Waals surface area (Å²) in [6.07, 6.45) is 3.29. The van der Waals surface area contributed by atoms with Gasteiger partial charge in [0.25, 0.3) is 0 Å². The van der Waals surface area contributed by atoms with E-state index >= 15 is 4.39 Å². The smallest absolute Gasteiger partial charge is 0.248 e. The van der Waals surface area contributed by atoms with E-state index in [2.05, 4.69) is 20.5 Å². The first kappa shape index (κ1) is 26.5. The van der Waals surface area contributed by atoms with Crippen molar-refractivity contribution in [3.63, 3.8) is 0 Å². The number of aryl methyl sites for hydroxylation is 1. The largest absolute Gasteiger partial charge is 0.453 e. The molecule has 1 unspecified atom stereocenters. The highest BCUT2D eigenvalue weighted by molar-refractivity contribution is 7.84. The second-order valence-electron chi connectivity index (χ2n) is 8.01. The number of nitrogens with one attached hydrogen (secondary N) is 1. The summed E-state index contributed by atoms with van der Waals surface area (Å²) in [5.41, 5.74) is 1.97. The second kappa shape index (κ2) is 11.7. The predicted octanol–water partition coefficient (Wildman–Crippen LogP) is 5.93. The fourth-order valence-corrected chi connectivity index (χ4v) is 4.18. The molecule has 0 aliphatic heterocycles. The molecule has 0 aliphatic rings. The van der Waals surface area contributed by atoms with Gasteiger partial charge in [-0.25, -0.2) is 9.37 Å². The summed E-state index contributed by atoms with van der Waals surface area (Å²) in [5.74, 6) is 0.769. The van der Waals surface area contributed by atoms with Crippen LogP contribution in [0.15, 0.2) is 47.0 Å². The highest BCUT2D eigenvalue weighted by atomic mass is 35.5. The summed E-state index contributed by atoms with van der Waals surface area (Å²) < 4.78 is 38.1. The molecule has 37 heavy (non-hydrogen) atoms. The average Bonchev–Trinajstić information content (AvgIpc) is 3.32. The van der Waals surface area contributed by atoms with Gasteiger partial charge in [-0.3, -0.25) is 4.21 Å². The lowest BCUT2D eigenvalue weighted by atomic mass is 10.1. The van der Waals surface area contributed by atoms with Crippen LogP contribution in [0.25, 0.3) is 11.5 Å². The van der Waals surface area contributed by atoms with E-state index in [4.69, 9.17) is 37.6 Å². The van der Waals surface area contributed by atoms with Gasteiger partial charge < -0.3 is 14.5 Å². The fourth-order valence-electron chi connectivity index (χ4n) is 3.38. The number of pyridine rings is 1. The number of rotatable bonds is 9. The van der Waals surface area contributed by atoms with Crippen molar-refractivity contribution in [2.24, 2.45) is 0 Å². The molecule has 4 aromatic rings. The lowest BCUT2D eigenvalue weighted by molar-refractivity contribution is 0.437. The maximum atomic E-state index is 15.4. The summed E-state index contributed by atoms with van der Waals surface area (Å²) in [7, 11) is -0.919. The van der Waals surface area contributed by atoms with Gasteiger partial charge in [-0.1, -0.05) is 29.3 Å². The van der Waals surface area contributed by atoms with Crippen molar-refractivity contribution in [1.29, 1.82) is 5.26 Å². The first-order valence-electron chi connectivity index (χ1n) is 10.9. The van der Waals surface area contributed by atoms with Crippen LogP contribution >= 0.6 is 23.2 Å². The Morgan fingerprint density at radius 2 is 2.03 bits per heavy atom. The van der Waals surface area contributed by atoms with E-state index in [0.717, 1.165) is 5.56 Å². The van der Waals surface area contributed by atoms with E-state index in [1.54, 1.807) is 18.5 Å². The third kappa shape index (κ3) is 6.63. The van der Waals surface area contributed by atoms with Crippen LogP contribution < -0.4 is 10.1 Å². The third-order valence-corrected chi connectivity index (χ3v) is 6.48. The van der Waals surface area contributed by atoms with Crippen molar-refractivity contribution in [1.82, 2.24) is 15.2 Å². The molecular formula is C25H20Cl2FN5O3S. The molecule has 0 bridgehead atoms. The molecule has 0 saturated heterocycles. The summed E-state index contributed by atoms with van der Waals surface area (Å²) in [6.45, 7) is 2.36. The predicted molar refractivity (Wildman–Crippen MR) is 140 cm³/mol. The Morgan fingerprint density at radius 3 is 2.78 bits per heavy atom. The zero-order chi connectivity index (χ0) is 26.5. The van der Waals surface area contributed by atoms with E-state index in [0.29, 0.717) is 23.7 Å². The van der Waals surface area contributed by atoms with Crippen LogP contribution in [-0.2, 0) is 17.2 Å². The molecule has 4 rings (SSSR count). The first-order chi connectivity index (χ1) is 17.7. The zero-order valence-corrected chi connectivity index (χ0v) is 22.0. The van der Waals surface area contributed by atoms with E-state index in [9.17, 15) is 4.21 Å². The molecule has 2 aromatic carbocycles. The van der Waals surface area contributed by atoms with Crippen LogP contribution in [-0.4, -0.2) is 37.9 Å². The molecular weight excluding hydrogens is 540 g/mol. The topological polar surface area (TPSA) is 114 Å². The summed E-state index contributed by atoms with van der Waals surface area (Å²) >= 11 is 12.2. The quantitative estimate of drug-likeness (QED) is 0.268. The number of hydrogen-bond acceptors (Lipinski definition) is 8. The highest BCUT2D eigenvalue weighted by Crippen LogP contribution is 2.36. The van der Waals surface area contributed by atoms with Crippen molar-refractivity contribution in [2.45, 2.75) is 13.3 Å². The molecule has 0 radical (unpaired) electrons. The summed E-state index contributed by atoms with van der Waals surface area (Å²) in [5, 5.41) is 20.7. The minimum absolute atomic E-state index is 0.0110. The molecule has 0 amide bonds. The van der Waals surface area contributed by atoms with Gasteiger partial charge >= 0.3 is 0 Å².